The molecule has 4 rings (SSSR count). The van der Waals surface area contributed by atoms with Crippen LogP contribution in [0.4, 0.5) is 10.7 Å². The number of ether oxygens (including phenoxy) is 1. The second-order valence-corrected chi connectivity index (χ2v) is 9.40. The molecule has 0 atom stereocenters. The van der Waals surface area contributed by atoms with E-state index in [4.69, 9.17) is 10.5 Å². The van der Waals surface area contributed by atoms with Gasteiger partial charge in [-0.1, -0.05) is 18.7 Å². The average molecular weight is 517 g/mol. The van der Waals surface area contributed by atoms with Gasteiger partial charge in [0.2, 0.25) is 5.95 Å². The van der Waals surface area contributed by atoms with Gasteiger partial charge < -0.3 is 15.5 Å². The van der Waals surface area contributed by atoms with Crippen molar-refractivity contribution in [2.24, 2.45) is 5.73 Å². The van der Waals surface area contributed by atoms with Crippen molar-refractivity contribution >= 4 is 28.6 Å². The lowest BCUT2D eigenvalue weighted by molar-refractivity contribution is 0.115. The quantitative estimate of drug-likeness (QED) is 0.364. The number of nitrogens with zero attached hydrogens (tertiary/aromatic N) is 5. The monoisotopic (exact) mass is 516 g/mol. The van der Waals surface area contributed by atoms with E-state index >= 15 is 0 Å². The normalized spacial score (nSPS) is 15.7. The van der Waals surface area contributed by atoms with Crippen molar-refractivity contribution < 1.29 is 9.53 Å². The van der Waals surface area contributed by atoms with E-state index < -0.39 is 6.09 Å². The Morgan fingerprint density at radius 3 is 2.61 bits per heavy atom. The molecule has 10 heteroatoms. The number of nitrogens with two attached hydrogens (primary N) is 1. The van der Waals surface area contributed by atoms with E-state index in [1.165, 1.54) is 0 Å². The van der Waals surface area contributed by atoms with Crippen LogP contribution in [0.15, 0.2) is 61.1 Å². The van der Waals surface area contributed by atoms with E-state index in [0.717, 1.165) is 55.1 Å². The van der Waals surface area contributed by atoms with E-state index in [0.29, 0.717) is 22.9 Å². The van der Waals surface area contributed by atoms with Gasteiger partial charge in [-0.3, -0.25) is 15.1 Å². The molecule has 200 valence electrons. The van der Waals surface area contributed by atoms with Crippen molar-refractivity contribution in [3.8, 4) is 11.4 Å². The van der Waals surface area contributed by atoms with Gasteiger partial charge in [0.05, 0.1) is 12.1 Å². The summed E-state index contributed by atoms with van der Waals surface area (Å²) in [5.74, 6) is 0.797. The van der Waals surface area contributed by atoms with Gasteiger partial charge in [-0.05, 0) is 56.2 Å². The van der Waals surface area contributed by atoms with Crippen LogP contribution < -0.4 is 11.1 Å². The Morgan fingerprint density at radius 1 is 1.21 bits per heavy atom. The molecule has 1 aliphatic rings. The molecule has 1 aliphatic heterocycles. The van der Waals surface area contributed by atoms with Crippen LogP contribution in [0.25, 0.3) is 28.0 Å². The SMILES string of the molecule is C=C/C(=C\C=C(/N)CN1CCN(C(C)C)CC1)c1cc(-c2ncccn2)c2nc(NC(=O)OCC)[nH]c2c1. The molecule has 1 saturated heterocycles. The first kappa shape index (κ1) is 27.0. The van der Waals surface area contributed by atoms with Crippen LogP contribution in [-0.2, 0) is 4.74 Å². The molecule has 3 aromatic rings. The van der Waals surface area contributed by atoms with Gasteiger partial charge in [-0.15, -0.1) is 0 Å². The number of H-pyrrole nitrogens is 1. The number of imidazole rings is 1. The summed E-state index contributed by atoms with van der Waals surface area (Å²) in [5, 5.41) is 2.62. The number of rotatable bonds is 9. The number of hydrogen-bond donors (Lipinski definition) is 3. The molecule has 1 aromatic carbocycles. The minimum atomic E-state index is -0.581. The predicted octanol–water partition coefficient (Wildman–Crippen LogP) is 4.03. The highest BCUT2D eigenvalue weighted by Crippen LogP contribution is 2.31. The zero-order valence-corrected chi connectivity index (χ0v) is 22.3. The van der Waals surface area contributed by atoms with Crippen molar-refractivity contribution in [1.29, 1.82) is 0 Å². The molecule has 1 fully saturated rings. The van der Waals surface area contributed by atoms with Crippen molar-refractivity contribution in [2.75, 3.05) is 44.6 Å². The number of carbonyl (C=O) groups excluding carboxylic acids is 1. The van der Waals surface area contributed by atoms with Gasteiger partial charge in [0.25, 0.3) is 0 Å². The van der Waals surface area contributed by atoms with Crippen LogP contribution in [0.3, 0.4) is 0 Å². The average Bonchev–Trinajstić information content (AvgIpc) is 3.31. The molecule has 0 saturated carbocycles. The fraction of sp³-hybridized carbons (Fsp3) is 0.357. The molecule has 2 aromatic heterocycles. The first-order valence-corrected chi connectivity index (χ1v) is 12.9. The number of fused-ring (bicyclic) bond motifs is 1. The summed E-state index contributed by atoms with van der Waals surface area (Å²) >= 11 is 0. The Bertz CT molecular complexity index is 1320. The smallest absolute Gasteiger partial charge is 0.413 e. The van der Waals surface area contributed by atoms with Crippen LogP contribution in [0, 0.1) is 0 Å². The number of anilines is 1. The van der Waals surface area contributed by atoms with Gasteiger partial charge in [-0.25, -0.2) is 19.7 Å². The third-order valence-electron chi connectivity index (χ3n) is 6.46. The molecule has 10 nitrogen and oxygen atoms in total. The summed E-state index contributed by atoms with van der Waals surface area (Å²) in [7, 11) is 0. The number of amides is 1. The summed E-state index contributed by atoms with van der Waals surface area (Å²) in [6.07, 6.45) is 8.48. The molecule has 4 N–H and O–H groups in total. The lowest BCUT2D eigenvalue weighted by Crippen LogP contribution is -2.49. The summed E-state index contributed by atoms with van der Waals surface area (Å²) in [4.78, 5) is 33.4. The maximum atomic E-state index is 11.9. The molecule has 0 unspecified atom stereocenters. The highest BCUT2D eigenvalue weighted by atomic mass is 16.5. The van der Waals surface area contributed by atoms with E-state index in [9.17, 15) is 4.79 Å². The number of nitrogens with one attached hydrogen (secondary N) is 2. The topological polar surface area (TPSA) is 125 Å². The molecule has 0 aliphatic carbocycles. The first-order valence-electron chi connectivity index (χ1n) is 12.9. The predicted molar refractivity (Wildman–Crippen MR) is 151 cm³/mol. The molecule has 0 spiro atoms. The maximum Gasteiger partial charge on any atom is 0.413 e. The Balaban J connectivity index is 1.61. The molecular weight excluding hydrogens is 480 g/mol. The summed E-state index contributed by atoms with van der Waals surface area (Å²) in [6, 6.07) is 6.25. The largest absolute Gasteiger partial charge is 0.450 e. The van der Waals surface area contributed by atoms with Crippen LogP contribution in [-0.4, -0.2) is 81.2 Å². The Hall–Kier alpha value is -4.02. The minimum absolute atomic E-state index is 0.262. The van der Waals surface area contributed by atoms with E-state index in [-0.39, 0.29) is 12.6 Å². The third-order valence-corrected chi connectivity index (χ3v) is 6.46. The van der Waals surface area contributed by atoms with Crippen LogP contribution in [0.5, 0.6) is 0 Å². The van der Waals surface area contributed by atoms with Crippen LogP contribution in [0.2, 0.25) is 0 Å². The van der Waals surface area contributed by atoms with Gasteiger partial charge in [0.15, 0.2) is 5.82 Å². The maximum absolute atomic E-state index is 11.9. The standard InChI is InChI=1S/C28H36N8O2/c1-5-20(8-9-22(29)18-35-12-14-36(15-13-35)19(3)4)21-16-23(26-30-10-7-11-31-26)25-24(17-21)32-27(33-25)34-28(37)38-6-2/h5,7-11,16-17,19H,1,6,12-15,18,29H2,2-4H3,(H2,32,33,34,37)/b20-8+,22-9-. The molecular formula is C28H36N8O2. The molecule has 38 heavy (non-hydrogen) atoms. The van der Waals surface area contributed by atoms with Gasteiger partial charge >= 0.3 is 6.09 Å². The van der Waals surface area contributed by atoms with E-state index in [2.05, 4.69) is 55.5 Å². The molecule has 0 radical (unpaired) electrons. The Kier molecular flexibility index (Phi) is 8.88. The highest BCUT2D eigenvalue weighted by Gasteiger charge is 2.19. The van der Waals surface area contributed by atoms with Crippen molar-refractivity contribution in [3.63, 3.8) is 0 Å². The zero-order chi connectivity index (χ0) is 27.1. The van der Waals surface area contributed by atoms with Crippen molar-refractivity contribution in [2.45, 2.75) is 26.8 Å². The fourth-order valence-electron chi connectivity index (χ4n) is 4.44. The second kappa shape index (κ2) is 12.5. The molecule has 0 bridgehead atoms. The third kappa shape index (κ3) is 6.64. The first-order chi connectivity index (χ1) is 18.4. The summed E-state index contributed by atoms with van der Waals surface area (Å²) < 4.78 is 4.98. The molecule has 1 amide bonds. The number of aromatic nitrogens is 4. The van der Waals surface area contributed by atoms with Gasteiger partial charge in [0.1, 0.15) is 5.52 Å². The Labute approximate surface area is 223 Å². The number of aromatic amines is 1. The van der Waals surface area contributed by atoms with Crippen molar-refractivity contribution in [1.82, 2.24) is 29.7 Å². The molecule has 3 heterocycles. The van der Waals surface area contributed by atoms with Crippen molar-refractivity contribution in [3.05, 3.63) is 66.7 Å². The number of allylic oxidation sites excluding steroid dienone is 4. The van der Waals surface area contributed by atoms with Crippen LogP contribution >= 0.6 is 0 Å². The summed E-state index contributed by atoms with van der Waals surface area (Å²) in [6.45, 7) is 15.3. The number of benzene rings is 1. The summed E-state index contributed by atoms with van der Waals surface area (Å²) in [5.41, 5.74) is 11.0. The number of hydrogen-bond acceptors (Lipinski definition) is 8. The van der Waals surface area contributed by atoms with Crippen LogP contribution in [0.1, 0.15) is 26.3 Å². The Morgan fingerprint density at radius 2 is 1.95 bits per heavy atom. The minimum Gasteiger partial charge on any atom is -0.450 e. The second-order valence-electron chi connectivity index (χ2n) is 9.40. The number of carbonyl (C=O) groups is 1. The lowest BCUT2D eigenvalue weighted by atomic mass is 10.0. The van der Waals surface area contributed by atoms with E-state index in [1.807, 2.05) is 24.3 Å². The highest BCUT2D eigenvalue weighted by molar-refractivity contribution is 5.96. The number of piperazine rings is 1. The van der Waals surface area contributed by atoms with Gasteiger partial charge in [-0.2, -0.15) is 0 Å². The lowest BCUT2D eigenvalue weighted by Gasteiger charge is -2.36. The van der Waals surface area contributed by atoms with Gasteiger partial charge in [0, 0.05) is 62.4 Å². The van der Waals surface area contributed by atoms with E-state index in [1.54, 1.807) is 31.5 Å². The fourth-order valence-corrected chi connectivity index (χ4v) is 4.44. The zero-order valence-electron chi connectivity index (χ0n) is 22.3.